The minimum atomic E-state index is -0.479. The Balaban J connectivity index is 2.24. The molecule has 2 amide bonds. The maximum absolute atomic E-state index is 11.6. The molecule has 0 unspecified atom stereocenters. The molecule has 100 valence electrons. The van der Waals surface area contributed by atoms with E-state index < -0.39 is 6.04 Å². The van der Waals surface area contributed by atoms with E-state index in [0.717, 1.165) is 10.6 Å². The monoisotopic (exact) mass is 286 g/mol. The van der Waals surface area contributed by atoms with E-state index in [1.807, 2.05) is 24.4 Å². The highest BCUT2D eigenvalue weighted by Crippen LogP contribution is 2.22. The van der Waals surface area contributed by atoms with Crippen LogP contribution in [0.3, 0.4) is 0 Å². The van der Waals surface area contributed by atoms with Gasteiger partial charge in [-0.25, -0.2) is 0 Å². The average molecular weight is 286 g/mol. The van der Waals surface area contributed by atoms with Crippen molar-refractivity contribution in [2.75, 3.05) is 12.3 Å². The normalized spacial score (nSPS) is 11.9. The first-order valence-electron chi connectivity index (χ1n) is 5.87. The van der Waals surface area contributed by atoms with E-state index in [9.17, 15) is 9.59 Å². The molecule has 2 N–H and O–H groups in total. The lowest BCUT2D eigenvalue weighted by Crippen LogP contribution is -2.45. The van der Waals surface area contributed by atoms with Crippen LogP contribution >= 0.6 is 23.1 Å². The molecule has 1 heterocycles. The molecule has 0 radical (unpaired) electrons. The van der Waals surface area contributed by atoms with Crippen molar-refractivity contribution in [2.45, 2.75) is 30.5 Å². The van der Waals surface area contributed by atoms with Crippen molar-refractivity contribution in [3.63, 3.8) is 0 Å². The first-order valence-corrected chi connectivity index (χ1v) is 7.73. The minimum absolute atomic E-state index is 0.118. The summed E-state index contributed by atoms with van der Waals surface area (Å²) in [7, 11) is 0. The summed E-state index contributed by atoms with van der Waals surface area (Å²) in [5, 5.41) is 7.41. The molecule has 0 aromatic carbocycles. The predicted molar refractivity (Wildman–Crippen MR) is 75.9 cm³/mol. The van der Waals surface area contributed by atoms with Crippen LogP contribution in [0.4, 0.5) is 0 Å². The fourth-order valence-corrected chi connectivity index (χ4v) is 2.83. The van der Waals surface area contributed by atoms with Crippen LogP contribution in [0.15, 0.2) is 21.7 Å². The van der Waals surface area contributed by atoms with Gasteiger partial charge in [0.1, 0.15) is 6.04 Å². The Bertz CT molecular complexity index is 379. The molecule has 0 aliphatic carbocycles. The number of thiophene rings is 1. The number of rotatable bonds is 7. The van der Waals surface area contributed by atoms with Crippen LogP contribution in [0.2, 0.25) is 0 Å². The summed E-state index contributed by atoms with van der Waals surface area (Å²) >= 11 is 3.09. The summed E-state index contributed by atoms with van der Waals surface area (Å²) in [6, 6.07) is 3.44. The summed E-state index contributed by atoms with van der Waals surface area (Å²) in [5.74, 6) is 0.0882. The maximum atomic E-state index is 11.6. The predicted octanol–water partition coefficient (Wildman–Crippen LogP) is 1.87. The zero-order valence-electron chi connectivity index (χ0n) is 10.6. The highest BCUT2D eigenvalue weighted by atomic mass is 32.2. The molecule has 1 rings (SSSR count). The van der Waals surface area contributed by atoms with Crippen LogP contribution in [-0.2, 0) is 9.59 Å². The molecule has 1 aromatic rings. The zero-order valence-corrected chi connectivity index (χ0v) is 12.2. The van der Waals surface area contributed by atoms with Crippen LogP contribution in [0.1, 0.15) is 20.3 Å². The third-order valence-corrected chi connectivity index (χ3v) is 4.29. The summed E-state index contributed by atoms with van der Waals surface area (Å²) in [5.41, 5.74) is 0. The fraction of sp³-hybridized carbons (Fsp3) is 0.500. The molecule has 0 aliphatic heterocycles. The Kier molecular flexibility index (Phi) is 6.82. The van der Waals surface area contributed by atoms with Gasteiger partial charge < -0.3 is 10.6 Å². The SMILES string of the molecule is CCCNC(=O)[C@H](C)NC(=O)CSc1cccs1. The van der Waals surface area contributed by atoms with Crippen LogP contribution in [-0.4, -0.2) is 30.2 Å². The molecule has 1 atom stereocenters. The second-order valence-electron chi connectivity index (χ2n) is 3.80. The first kappa shape index (κ1) is 15.0. The quantitative estimate of drug-likeness (QED) is 0.752. The van der Waals surface area contributed by atoms with Crippen LogP contribution in [0, 0.1) is 0 Å². The lowest BCUT2D eigenvalue weighted by atomic mass is 10.3. The van der Waals surface area contributed by atoms with Gasteiger partial charge in [-0.15, -0.1) is 23.1 Å². The van der Waals surface area contributed by atoms with Crippen molar-refractivity contribution in [1.29, 1.82) is 0 Å². The van der Waals surface area contributed by atoms with Crippen LogP contribution in [0.25, 0.3) is 0 Å². The van der Waals surface area contributed by atoms with Crippen LogP contribution < -0.4 is 10.6 Å². The van der Waals surface area contributed by atoms with E-state index in [-0.39, 0.29) is 11.8 Å². The molecule has 18 heavy (non-hydrogen) atoms. The van der Waals surface area contributed by atoms with E-state index >= 15 is 0 Å². The number of carbonyl (C=O) groups excluding carboxylic acids is 2. The van der Waals surface area contributed by atoms with Gasteiger partial charge in [-0.1, -0.05) is 13.0 Å². The zero-order chi connectivity index (χ0) is 13.4. The van der Waals surface area contributed by atoms with Gasteiger partial charge in [0.2, 0.25) is 11.8 Å². The van der Waals surface area contributed by atoms with Crippen molar-refractivity contribution in [2.24, 2.45) is 0 Å². The highest BCUT2D eigenvalue weighted by molar-refractivity contribution is 8.01. The van der Waals surface area contributed by atoms with Gasteiger partial charge in [0, 0.05) is 6.54 Å². The van der Waals surface area contributed by atoms with E-state index in [4.69, 9.17) is 0 Å². The molecular weight excluding hydrogens is 268 g/mol. The number of carbonyl (C=O) groups is 2. The molecule has 4 nitrogen and oxygen atoms in total. The van der Waals surface area contributed by atoms with E-state index in [1.165, 1.54) is 11.8 Å². The summed E-state index contributed by atoms with van der Waals surface area (Å²) in [6.07, 6.45) is 0.890. The highest BCUT2D eigenvalue weighted by Gasteiger charge is 2.14. The lowest BCUT2D eigenvalue weighted by molar-refractivity contribution is -0.127. The van der Waals surface area contributed by atoms with Gasteiger partial charge in [0.25, 0.3) is 0 Å². The maximum Gasteiger partial charge on any atom is 0.242 e. The molecule has 0 bridgehead atoms. The molecule has 0 saturated carbocycles. The summed E-state index contributed by atoms with van der Waals surface area (Å²) in [4.78, 5) is 23.2. The van der Waals surface area contributed by atoms with Crippen molar-refractivity contribution >= 4 is 34.9 Å². The second kappa shape index (κ2) is 8.16. The largest absolute Gasteiger partial charge is 0.354 e. The fourth-order valence-electron chi connectivity index (χ4n) is 1.23. The van der Waals surface area contributed by atoms with Gasteiger partial charge >= 0.3 is 0 Å². The minimum Gasteiger partial charge on any atom is -0.354 e. The van der Waals surface area contributed by atoms with E-state index in [0.29, 0.717) is 12.3 Å². The number of amides is 2. The molecule has 1 aromatic heterocycles. The first-order chi connectivity index (χ1) is 8.63. The van der Waals surface area contributed by atoms with E-state index in [2.05, 4.69) is 10.6 Å². The van der Waals surface area contributed by atoms with Gasteiger partial charge in [-0.05, 0) is 24.8 Å². The number of thioether (sulfide) groups is 1. The Labute approximate surface area is 116 Å². The molecule has 0 saturated heterocycles. The summed E-state index contributed by atoms with van der Waals surface area (Å²) < 4.78 is 1.10. The Morgan fingerprint density at radius 1 is 1.50 bits per heavy atom. The van der Waals surface area contributed by atoms with Crippen molar-refractivity contribution in [3.05, 3.63) is 17.5 Å². The summed E-state index contributed by atoms with van der Waals surface area (Å²) in [6.45, 7) is 4.32. The molecule has 6 heteroatoms. The standard InChI is InChI=1S/C12H18N2O2S2/c1-3-6-13-12(16)9(2)14-10(15)8-18-11-5-4-7-17-11/h4-5,7,9H,3,6,8H2,1-2H3,(H,13,16)(H,14,15)/t9-/m0/s1. The lowest BCUT2D eigenvalue weighted by Gasteiger charge is -2.13. The van der Waals surface area contributed by atoms with Crippen molar-refractivity contribution in [3.8, 4) is 0 Å². The number of hydrogen-bond acceptors (Lipinski definition) is 4. The Morgan fingerprint density at radius 3 is 2.89 bits per heavy atom. The third-order valence-electron chi connectivity index (χ3n) is 2.16. The van der Waals surface area contributed by atoms with Gasteiger partial charge in [0.15, 0.2) is 0 Å². The van der Waals surface area contributed by atoms with Gasteiger partial charge in [0.05, 0.1) is 9.96 Å². The number of nitrogens with one attached hydrogen (secondary N) is 2. The second-order valence-corrected chi connectivity index (χ2v) is 6.02. The molecule has 0 aliphatic rings. The Morgan fingerprint density at radius 2 is 2.28 bits per heavy atom. The van der Waals surface area contributed by atoms with Gasteiger partial charge in [-0.3, -0.25) is 9.59 Å². The smallest absolute Gasteiger partial charge is 0.242 e. The molecule has 0 spiro atoms. The van der Waals surface area contributed by atoms with Gasteiger partial charge in [-0.2, -0.15) is 0 Å². The third kappa shape index (κ3) is 5.55. The topological polar surface area (TPSA) is 58.2 Å². The number of hydrogen-bond donors (Lipinski definition) is 2. The van der Waals surface area contributed by atoms with E-state index in [1.54, 1.807) is 18.3 Å². The Hall–Kier alpha value is -1.01. The molecular formula is C12H18N2O2S2. The van der Waals surface area contributed by atoms with Crippen molar-refractivity contribution in [1.82, 2.24) is 10.6 Å². The van der Waals surface area contributed by atoms with Crippen LogP contribution in [0.5, 0.6) is 0 Å². The molecule has 0 fully saturated rings. The average Bonchev–Trinajstić information content (AvgIpc) is 2.86. The van der Waals surface area contributed by atoms with Crippen molar-refractivity contribution < 1.29 is 9.59 Å².